The van der Waals surface area contributed by atoms with E-state index in [0.29, 0.717) is 96.5 Å². The summed E-state index contributed by atoms with van der Waals surface area (Å²) in [5, 5.41) is 15.4. The summed E-state index contributed by atoms with van der Waals surface area (Å²) in [5.41, 5.74) is 3.85. The first kappa shape index (κ1) is 93.2. The van der Waals surface area contributed by atoms with E-state index < -0.39 is 103 Å². The van der Waals surface area contributed by atoms with Crippen molar-refractivity contribution in [3.63, 3.8) is 0 Å². The van der Waals surface area contributed by atoms with Crippen LogP contribution in [0.3, 0.4) is 0 Å². The second kappa shape index (κ2) is 44.7. The number of ketones is 3. The molecule has 0 radical (unpaired) electrons. The van der Waals surface area contributed by atoms with E-state index in [2.05, 4.69) is 0 Å². The number of carbonyl (C=O) groups excluding carboxylic acids is 9. The Morgan fingerprint density at radius 2 is 0.716 bits per heavy atom. The number of likely N-dealkylation sites (N-methyl/N-ethyl adjacent to an activating group) is 5. The molecule has 0 heterocycles. The third-order valence-electron chi connectivity index (χ3n) is 18.0. The number of carboxylic acid groups (broad SMARTS) is 1. The lowest BCUT2D eigenvalue weighted by molar-refractivity contribution is -0.192. The van der Waals surface area contributed by atoms with E-state index in [1.54, 1.807) is 86.6 Å². The maximum Gasteiger partial charge on any atom is 0.490 e. The highest BCUT2D eigenvalue weighted by Crippen LogP contribution is 2.45. The summed E-state index contributed by atoms with van der Waals surface area (Å²) in [4.78, 5) is 131. The number of ether oxygens (including phenoxy) is 6. The van der Waals surface area contributed by atoms with Gasteiger partial charge in [-0.25, -0.2) is 19.2 Å². The van der Waals surface area contributed by atoms with Gasteiger partial charge in [-0.05, 0) is 120 Å². The molecule has 3 aromatic rings. The average molecular weight is 1530 g/mol. The minimum Gasteiger partial charge on any atom is -0.475 e. The maximum atomic E-state index is 13.1. The summed E-state index contributed by atoms with van der Waals surface area (Å²) >= 11 is 19.2. The van der Waals surface area contributed by atoms with Crippen LogP contribution in [0.2, 0.25) is 15.1 Å². The molecule has 3 fully saturated rings. The van der Waals surface area contributed by atoms with Crippen LogP contribution in [0.4, 0.5) is 27.6 Å². The van der Waals surface area contributed by atoms with Crippen LogP contribution in [0.25, 0.3) is 0 Å². The monoisotopic (exact) mass is 1520 g/mol. The van der Waals surface area contributed by atoms with Crippen molar-refractivity contribution in [2.45, 2.75) is 187 Å². The number of amides is 3. The van der Waals surface area contributed by atoms with Gasteiger partial charge in [0.2, 0.25) is 20.4 Å². The van der Waals surface area contributed by atoms with Gasteiger partial charge < -0.3 is 44.4 Å². The lowest BCUT2D eigenvalue weighted by Gasteiger charge is -2.43. The molecule has 3 amide bonds. The van der Waals surface area contributed by atoms with E-state index in [-0.39, 0.29) is 47.5 Å². The molecule has 24 nitrogen and oxygen atoms in total. The van der Waals surface area contributed by atoms with Gasteiger partial charge in [-0.2, -0.15) is 13.2 Å². The first-order chi connectivity index (χ1) is 47.6. The van der Waals surface area contributed by atoms with Gasteiger partial charge in [-0.3, -0.25) is 53.3 Å². The van der Waals surface area contributed by atoms with Gasteiger partial charge in [0.15, 0.2) is 17.3 Å². The highest BCUT2D eigenvalue weighted by molar-refractivity contribution is 6.32. The summed E-state index contributed by atoms with van der Waals surface area (Å²) in [5.74, 6) is -4.54. The Hall–Kier alpha value is -6.85. The Morgan fingerprint density at radius 1 is 0.471 bits per heavy atom. The molecule has 102 heavy (non-hydrogen) atoms. The number of aliphatic carboxylic acids is 1. The molecule has 4 N–H and O–H groups in total. The number of carboxylic acids is 1. The minimum absolute atomic E-state index is 0. The molecule has 3 aliphatic rings. The van der Waals surface area contributed by atoms with Crippen molar-refractivity contribution in [3.8, 4) is 0 Å². The van der Waals surface area contributed by atoms with Gasteiger partial charge in [0.25, 0.3) is 0 Å². The third-order valence-corrected chi connectivity index (χ3v) is 19.0. The van der Waals surface area contributed by atoms with Crippen molar-refractivity contribution >= 4 is 107 Å². The Morgan fingerprint density at radius 3 is 0.922 bits per heavy atom. The van der Waals surface area contributed by atoms with Crippen molar-refractivity contribution in [2.75, 3.05) is 74.8 Å². The van der Waals surface area contributed by atoms with E-state index in [1.807, 2.05) is 65.2 Å². The second-order valence-corrected chi connectivity index (χ2v) is 26.2. The molecule has 574 valence electrons. The number of hydrogen-bond donors (Lipinski definition) is 3. The molecule has 3 aliphatic carbocycles. The SMILES string of the molecule is CC(C)[C@H](N)C(=O)OCOC(=O)N(C)[C@]1(c2ccccc2Cl)CCCCC1=O.CCN(CC)[C@H](C(=O)OCOC(=O)N(C)[C@]1(c2ccccc2Cl)CCCCC1=O)C(C)C.CCN(CC)[C@H](C(=O)OCOC(=O)N(C)[C@]1(c2ccccc2Cl)CCCCC1=O)C(C)C.CO.Cl.O=C(O)C(F)(F)F. The molecule has 3 saturated carbocycles. The lowest BCUT2D eigenvalue weighted by Crippen LogP contribution is -2.54. The van der Waals surface area contributed by atoms with Crippen LogP contribution in [0.1, 0.15) is 163 Å². The summed E-state index contributed by atoms with van der Waals surface area (Å²) in [6, 6.07) is 19.5. The van der Waals surface area contributed by atoms with Crippen LogP contribution in [0.5, 0.6) is 0 Å². The predicted molar refractivity (Wildman–Crippen MR) is 380 cm³/mol. The zero-order valence-electron chi connectivity index (χ0n) is 60.7. The third kappa shape index (κ3) is 24.4. The van der Waals surface area contributed by atoms with E-state index in [4.69, 9.17) is 84.0 Å². The topological polar surface area (TPSA) is 309 Å². The Kier molecular flexibility index (Phi) is 40.8. The number of hydrogen-bond acceptors (Lipinski definition) is 20. The first-order valence-electron chi connectivity index (χ1n) is 33.6. The fourth-order valence-corrected chi connectivity index (χ4v) is 13.4. The molecular weight excluding hydrogens is 1420 g/mol. The van der Waals surface area contributed by atoms with Crippen LogP contribution < -0.4 is 5.73 Å². The number of nitrogens with zero attached hydrogens (tertiary/aromatic N) is 5. The smallest absolute Gasteiger partial charge is 0.475 e. The largest absolute Gasteiger partial charge is 0.490 e. The standard InChI is InChI=1S/2C24H35ClN2O5.C20H27ClN2O5.C2HF3O2.CH4O.ClH/c2*1-6-27(7-2)21(17(3)4)22(29)31-16-32-23(30)26(5)24(15-11-10-14-20(24)28)18-12-8-9-13-19(18)25;1-13(2)17(22)18(25)27-12-28-19(26)23(3)20(11-7-6-10-16(20)24)14-8-4-5-9-15(14)21;3-2(4,5)1(6)7;1-2;/h2*8-9,12-13,17,21H,6-7,10-11,14-16H2,1-5H3;4-5,8-9,13,17H,6-7,10-12,22H2,1-3H3;(H,6,7);2H,1H3;1H/t2*21-,24-;17-,20-;;;/m000.../s1. The Labute approximate surface area is 617 Å². The molecule has 0 saturated heterocycles. The molecule has 0 aliphatic heterocycles. The molecule has 3 aromatic carbocycles. The minimum atomic E-state index is -5.08. The molecule has 6 rings (SSSR count). The fraction of sp³-hybridized carbons (Fsp3) is 0.606. The normalized spacial score (nSPS) is 18.8. The number of rotatable bonds is 24. The Balaban J connectivity index is 0.000000718. The molecule has 0 unspecified atom stereocenters. The van der Waals surface area contributed by atoms with Crippen LogP contribution in [-0.2, 0) is 78.6 Å². The van der Waals surface area contributed by atoms with Gasteiger partial charge in [0.05, 0.1) is 0 Å². The molecule has 0 aromatic heterocycles. The van der Waals surface area contributed by atoms with Gasteiger partial charge in [0, 0.05) is 79.3 Å². The summed E-state index contributed by atoms with van der Waals surface area (Å²) in [6.07, 6.45) is -0.277. The van der Waals surface area contributed by atoms with Gasteiger partial charge in [0.1, 0.15) is 34.7 Å². The van der Waals surface area contributed by atoms with Crippen molar-refractivity contribution in [2.24, 2.45) is 23.5 Å². The van der Waals surface area contributed by atoms with Crippen molar-refractivity contribution in [3.05, 3.63) is 105 Å². The van der Waals surface area contributed by atoms with Gasteiger partial charge in [-0.15, -0.1) is 12.4 Å². The number of aliphatic hydroxyl groups is 1. The van der Waals surface area contributed by atoms with Crippen LogP contribution >= 0.6 is 47.2 Å². The second-order valence-electron chi connectivity index (χ2n) is 25.0. The number of nitrogens with two attached hydrogens (primary N) is 1. The molecule has 0 bridgehead atoms. The summed E-state index contributed by atoms with van der Waals surface area (Å²) < 4.78 is 62.9. The molecule has 6 atom stereocenters. The number of alkyl halides is 3. The Bertz CT molecular complexity index is 3080. The van der Waals surface area contributed by atoms with E-state index in [9.17, 15) is 56.3 Å². The van der Waals surface area contributed by atoms with Crippen molar-refractivity contribution < 1.29 is 99.8 Å². The molecule has 0 spiro atoms. The fourth-order valence-electron chi connectivity index (χ4n) is 12.5. The highest BCUT2D eigenvalue weighted by atomic mass is 35.5. The summed E-state index contributed by atoms with van der Waals surface area (Å²) in [7, 11) is 5.56. The van der Waals surface area contributed by atoms with Crippen molar-refractivity contribution in [1.82, 2.24) is 24.5 Å². The zero-order chi connectivity index (χ0) is 76.8. The lowest BCUT2D eigenvalue weighted by atomic mass is 9.74. The molecule has 31 heteroatoms. The summed E-state index contributed by atoms with van der Waals surface area (Å²) in [6.45, 7) is 20.5. The first-order valence-corrected chi connectivity index (χ1v) is 34.7. The number of carbonyl (C=O) groups is 10. The van der Waals surface area contributed by atoms with Gasteiger partial charge in [-0.1, -0.05) is 159 Å². The molecular formula is C71H103Cl4F3N6O18. The maximum absolute atomic E-state index is 13.1. The number of Topliss-reactive ketones (excluding diaryl/α,β-unsaturated/α-hetero) is 3. The van der Waals surface area contributed by atoms with E-state index in [1.165, 1.54) is 35.8 Å². The van der Waals surface area contributed by atoms with Crippen LogP contribution in [0, 0.1) is 17.8 Å². The van der Waals surface area contributed by atoms with Crippen LogP contribution in [0.15, 0.2) is 72.8 Å². The van der Waals surface area contributed by atoms with Gasteiger partial charge >= 0.3 is 48.3 Å². The number of benzene rings is 3. The zero-order valence-corrected chi connectivity index (χ0v) is 63.8. The van der Waals surface area contributed by atoms with Crippen LogP contribution in [-0.4, -0.2) is 193 Å². The number of aliphatic hydroxyl groups excluding tert-OH is 1. The average Bonchev–Trinajstić information content (AvgIpc) is 0.767. The van der Waals surface area contributed by atoms with E-state index in [0.717, 1.165) is 45.6 Å². The van der Waals surface area contributed by atoms with E-state index >= 15 is 0 Å². The quantitative estimate of drug-likeness (QED) is 0.0426. The highest BCUT2D eigenvalue weighted by Gasteiger charge is 2.52. The van der Waals surface area contributed by atoms with Crippen molar-refractivity contribution in [1.29, 1.82) is 0 Å². The predicted octanol–water partition coefficient (Wildman–Crippen LogP) is 13.1. The number of halogens is 7. The number of esters is 3.